The van der Waals surface area contributed by atoms with E-state index in [1.807, 2.05) is 0 Å². The van der Waals surface area contributed by atoms with Crippen LogP contribution < -0.4 is 0 Å². The predicted molar refractivity (Wildman–Crippen MR) is 91.3 cm³/mol. The molecule has 0 aromatic heterocycles. The van der Waals surface area contributed by atoms with Gasteiger partial charge >= 0.3 is 0 Å². The Kier molecular flexibility index (Phi) is 4.01. The lowest BCUT2D eigenvalue weighted by atomic mass is 9.57. The van der Waals surface area contributed by atoms with Gasteiger partial charge in [-0.1, -0.05) is 19.4 Å². The van der Waals surface area contributed by atoms with Gasteiger partial charge in [-0.05, 0) is 67.9 Å². The van der Waals surface area contributed by atoms with Gasteiger partial charge in [-0.3, -0.25) is 0 Å². The number of thioether (sulfide) groups is 2. The maximum atomic E-state index is 10.1. The summed E-state index contributed by atoms with van der Waals surface area (Å²) in [5.74, 6) is 2.63. The van der Waals surface area contributed by atoms with Crippen molar-refractivity contribution < 1.29 is 5.11 Å². The average molecular weight is 313 g/mol. The Morgan fingerprint density at radius 2 is 1.70 bits per heavy atom. The van der Waals surface area contributed by atoms with Gasteiger partial charge in [0, 0.05) is 5.41 Å². The Hall–Kier alpha value is 0.400. The molecule has 2 fully saturated rings. The fourth-order valence-corrected chi connectivity index (χ4v) is 7.72. The summed E-state index contributed by atoms with van der Waals surface area (Å²) in [6.45, 7) is 7.54. The fourth-order valence-electron chi connectivity index (χ4n) is 4.30. The molecule has 1 aliphatic heterocycles. The molecule has 0 aromatic rings. The lowest BCUT2D eigenvalue weighted by molar-refractivity contribution is 0.0754. The molecular formula is C17H28OS2. The van der Waals surface area contributed by atoms with Crippen molar-refractivity contribution in [3.05, 3.63) is 11.1 Å². The van der Waals surface area contributed by atoms with E-state index in [-0.39, 0.29) is 5.41 Å². The van der Waals surface area contributed by atoms with Gasteiger partial charge in [0.05, 0.1) is 10.7 Å². The van der Waals surface area contributed by atoms with Crippen molar-refractivity contribution in [2.75, 3.05) is 18.1 Å². The van der Waals surface area contributed by atoms with Crippen LogP contribution in [0.2, 0.25) is 0 Å². The molecule has 1 spiro atoms. The molecular weight excluding hydrogens is 284 g/mol. The highest BCUT2D eigenvalue weighted by atomic mass is 32.2. The molecule has 1 saturated carbocycles. The van der Waals surface area contributed by atoms with Crippen LogP contribution in [-0.2, 0) is 0 Å². The summed E-state index contributed by atoms with van der Waals surface area (Å²) >= 11 is 4.37. The highest BCUT2D eigenvalue weighted by Gasteiger charge is 2.51. The van der Waals surface area contributed by atoms with E-state index < -0.39 is 0 Å². The van der Waals surface area contributed by atoms with Crippen molar-refractivity contribution in [1.82, 2.24) is 0 Å². The van der Waals surface area contributed by atoms with Crippen molar-refractivity contribution in [2.45, 2.75) is 63.4 Å². The van der Waals surface area contributed by atoms with Gasteiger partial charge in [-0.2, -0.15) is 0 Å². The molecule has 114 valence electrons. The largest absolute Gasteiger partial charge is 0.395 e. The van der Waals surface area contributed by atoms with E-state index in [0.717, 1.165) is 0 Å². The standard InChI is InChI=1S/C17H28OS2/c1-13-14-11-15(2,3)5-6-16(14,12-18)7-8-17(13)19-9-4-10-20-17/h18H,4-12H2,1-3H3. The Labute approximate surface area is 132 Å². The van der Waals surface area contributed by atoms with Gasteiger partial charge in [-0.15, -0.1) is 23.5 Å². The summed E-state index contributed by atoms with van der Waals surface area (Å²) in [6.07, 6.45) is 7.47. The number of hydrogen-bond donors (Lipinski definition) is 1. The van der Waals surface area contributed by atoms with Gasteiger partial charge in [0.2, 0.25) is 0 Å². The molecule has 1 heterocycles. The lowest BCUT2D eigenvalue weighted by Gasteiger charge is -2.53. The van der Waals surface area contributed by atoms with E-state index in [9.17, 15) is 5.11 Å². The third kappa shape index (κ3) is 2.38. The summed E-state index contributed by atoms with van der Waals surface area (Å²) in [6, 6.07) is 0. The molecule has 1 unspecified atom stereocenters. The second-order valence-corrected chi connectivity index (χ2v) is 10.7. The van der Waals surface area contributed by atoms with Gasteiger partial charge in [-0.25, -0.2) is 0 Å². The number of fused-ring (bicyclic) bond motifs is 1. The molecule has 1 N–H and O–H groups in total. The van der Waals surface area contributed by atoms with Crippen molar-refractivity contribution in [2.24, 2.45) is 10.8 Å². The molecule has 3 rings (SSSR count). The van der Waals surface area contributed by atoms with E-state index in [2.05, 4.69) is 44.3 Å². The first kappa shape index (κ1) is 15.3. The SMILES string of the molecule is CC1=C2CC(C)(C)CCC2(CO)CCC12SCCCS2. The minimum absolute atomic E-state index is 0.128. The summed E-state index contributed by atoms with van der Waals surface area (Å²) in [7, 11) is 0. The van der Waals surface area contributed by atoms with E-state index in [1.54, 1.807) is 11.1 Å². The second kappa shape index (κ2) is 5.24. The van der Waals surface area contributed by atoms with Crippen molar-refractivity contribution in [3.63, 3.8) is 0 Å². The summed E-state index contributed by atoms with van der Waals surface area (Å²) in [4.78, 5) is 0. The van der Waals surface area contributed by atoms with Crippen molar-refractivity contribution in [3.8, 4) is 0 Å². The number of aliphatic hydroxyl groups is 1. The van der Waals surface area contributed by atoms with E-state index in [0.29, 0.717) is 16.1 Å². The molecule has 1 nitrogen and oxygen atoms in total. The topological polar surface area (TPSA) is 20.2 Å². The molecule has 2 aliphatic carbocycles. The van der Waals surface area contributed by atoms with Crippen LogP contribution in [0.4, 0.5) is 0 Å². The molecule has 0 bridgehead atoms. The van der Waals surface area contributed by atoms with Gasteiger partial charge < -0.3 is 5.11 Å². The van der Waals surface area contributed by atoms with E-state index in [4.69, 9.17) is 0 Å². The van der Waals surface area contributed by atoms with Crippen LogP contribution in [0.5, 0.6) is 0 Å². The van der Waals surface area contributed by atoms with Crippen LogP contribution in [0, 0.1) is 10.8 Å². The van der Waals surface area contributed by atoms with Crippen LogP contribution in [0.15, 0.2) is 11.1 Å². The third-order valence-electron chi connectivity index (χ3n) is 5.79. The molecule has 20 heavy (non-hydrogen) atoms. The highest BCUT2D eigenvalue weighted by molar-refractivity contribution is 8.19. The van der Waals surface area contributed by atoms with Crippen LogP contribution in [0.25, 0.3) is 0 Å². The zero-order valence-corrected chi connectivity index (χ0v) is 14.8. The number of aliphatic hydroxyl groups excluding tert-OH is 1. The first-order valence-corrected chi connectivity index (χ1v) is 10.00. The molecule has 1 atom stereocenters. The van der Waals surface area contributed by atoms with Crippen LogP contribution in [0.1, 0.15) is 59.3 Å². The number of rotatable bonds is 1. The molecule has 3 heteroatoms. The van der Waals surface area contributed by atoms with E-state index in [1.165, 1.54) is 50.0 Å². The molecule has 0 radical (unpaired) electrons. The smallest absolute Gasteiger partial charge is 0.0820 e. The zero-order chi connectivity index (χ0) is 14.4. The quantitative estimate of drug-likeness (QED) is 0.699. The molecule has 3 aliphatic rings. The highest BCUT2D eigenvalue weighted by Crippen LogP contribution is 2.62. The van der Waals surface area contributed by atoms with Crippen LogP contribution >= 0.6 is 23.5 Å². The van der Waals surface area contributed by atoms with Crippen molar-refractivity contribution >= 4 is 23.5 Å². The average Bonchev–Trinajstić information content (AvgIpc) is 2.45. The monoisotopic (exact) mass is 312 g/mol. The summed E-state index contributed by atoms with van der Waals surface area (Å²) in [5, 5.41) is 10.1. The Bertz CT molecular complexity index is 421. The summed E-state index contributed by atoms with van der Waals surface area (Å²) in [5.41, 5.74) is 3.80. The minimum Gasteiger partial charge on any atom is -0.395 e. The predicted octanol–water partition coefficient (Wildman–Crippen LogP) is 4.85. The minimum atomic E-state index is 0.128. The summed E-state index contributed by atoms with van der Waals surface area (Å²) < 4.78 is 0.347. The third-order valence-corrected chi connectivity index (χ3v) is 9.44. The first-order chi connectivity index (χ1) is 9.43. The Morgan fingerprint density at radius 1 is 1.05 bits per heavy atom. The van der Waals surface area contributed by atoms with Gasteiger partial charge in [0.15, 0.2) is 0 Å². The van der Waals surface area contributed by atoms with Crippen LogP contribution in [0.3, 0.4) is 0 Å². The second-order valence-electron chi connectivity index (χ2n) is 7.69. The first-order valence-electron chi connectivity index (χ1n) is 8.03. The lowest BCUT2D eigenvalue weighted by Crippen LogP contribution is -2.44. The van der Waals surface area contributed by atoms with Gasteiger partial charge in [0.25, 0.3) is 0 Å². The Morgan fingerprint density at radius 3 is 2.35 bits per heavy atom. The fraction of sp³-hybridized carbons (Fsp3) is 0.882. The number of hydrogen-bond acceptors (Lipinski definition) is 3. The maximum absolute atomic E-state index is 10.1. The van der Waals surface area contributed by atoms with Crippen molar-refractivity contribution in [1.29, 1.82) is 0 Å². The molecule has 1 saturated heterocycles. The molecule has 0 amide bonds. The Balaban J connectivity index is 2.02. The molecule has 0 aromatic carbocycles. The normalized spacial score (nSPS) is 36.0. The van der Waals surface area contributed by atoms with E-state index >= 15 is 0 Å². The van der Waals surface area contributed by atoms with Gasteiger partial charge in [0.1, 0.15) is 0 Å². The maximum Gasteiger partial charge on any atom is 0.0820 e. The zero-order valence-electron chi connectivity index (χ0n) is 13.1. The van der Waals surface area contributed by atoms with Crippen LogP contribution in [-0.4, -0.2) is 27.3 Å².